The van der Waals surface area contributed by atoms with Crippen molar-refractivity contribution in [2.45, 2.75) is 26.9 Å². The van der Waals surface area contributed by atoms with Gasteiger partial charge in [0.05, 0.1) is 17.0 Å². The van der Waals surface area contributed by atoms with Crippen molar-refractivity contribution in [2.75, 3.05) is 39.9 Å². The summed E-state index contributed by atoms with van der Waals surface area (Å²) in [5.74, 6) is -0.401. The highest BCUT2D eigenvalue weighted by molar-refractivity contribution is 6.25. The summed E-state index contributed by atoms with van der Waals surface area (Å²) in [4.78, 5) is 40.2. The van der Waals surface area contributed by atoms with Gasteiger partial charge < -0.3 is 25.0 Å². The Hall–Kier alpha value is -2.35. The Labute approximate surface area is 147 Å². The first kappa shape index (κ1) is 19.0. The number of nitrogens with zero attached hydrogens (tertiary/aromatic N) is 2. The molecule has 25 heavy (non-hydrogen) atoms. The van der Waals surface area contributed by atoms with Gasteiger partial charge in [0.2, 0.25) is 11.6 Å². The number of hydrogen-bond donors (Lipinski definition) is 1. The number of carbonyl (C=O) groups is 3. The molecule has 1 unspecified atom stereocenters. The second kappa shape index (κ2) is 7.69. The molecule has 1 atom stereocenters. The van der Waals surface area contributed by atoms with Crippen molar-refractivity contribution in [1.82, 2.24) is 9.80 Å². The summed E-state index contributed by atoms with van der Waals surface area (Å²) in [6.07, 6.45) is -1.77. The van der Waals surface area contributed by atoms with Gasteiger partial charge in [0.1, 0.15) is 12.7 Å². The van der Waals surface area contributed by atoms with Gasteiger partial charge in [-0.3, -0.25) is 9.59 Å². The van der Waals surface area contributed by atoms with Crippen LogP contribution in [0.2, 0.25) is 0 Å². The van der Waals surface area contributed by atoms with Crippen molar-refractivity contribution >= 4 is 17.7 Å². The Morgan fingerprint density at radius 3 is 2.04 bits per heavy atom. The van der Waals surface area contributed by atoms with Gasteiger partial charge in [0, 0.05) is 38.9 Å². The fourth-order valence-corrected chi connectivity index (χ4v) is 2.78. The number of primary amides is 1. The second-order valence-electron chi connectivity index (χ2n) is 5.72. The molecule has 0 saturated carbocycles. The van der Waals surface area contributed by atoms with Gasteiger partial charge >= 0.3 is 6.09 Å². The maximum atomic E-state index is 13.0. The van der Waals surface area contributed by atoms with Crippen LogP contribution in [0.3, 0.4) is 0 Å². The summed E-state index contributed by atoms with van der Waals surface area (Å²) < 4.78 is 10.1. The monoisotopic (exact) mass is 351 g/mol. The standard InChI is InChI=1S/C15H19N3O5.C2H6/c1-8-11(17-3-4-17)14(20)10(9(22-2)7-23-15(16)21)12(13(8)19)18-5-6-18;1-2/h9H,3-7H2,1-2H3,(H2,16,21);1-2H3. The highest BCUT2D eigenvalue weighted by atomic mass is 16.6. The number of rotatable bonds is 6. The molecule has 2 saturated heterocycles. The van der Waals surface area contributed by atoms with E-state index in [-0.39, 0.29) is 23.7 Å². The minimum atomic E-state index is -0.951. The predicted octanol–water partition coefficient (Wildman–Crippen LogP) is 0.434. The Bertz CT molecular complexity index is 645. The third kappa shape index (κ3) is 3.84. The van der Waals surface area contributed by atoms with Crippen molar-refractivity contribution in [3.05, 3.63) is 22.5 Å². The average molecular weight is 351 g/mol. The first-order valence-electron chi connectivity index (χ1n) is 8.45. The number of ketones is 2. The van der Waals surface area contributed by atoms with Crippen LogP contribution in [0, 0.1) is 0 Å². The van der Waals surface area contributed by atoms with Crippen LogP contribution in [0.25, 0.3) is 0 Å². The molecule has 8 heteroatoms. The molecule has 0 aromatic heterocycles. The molecule has 0 aromatic rings. The molecule has 0 spiro atoms. The Kier molecular flexibility index (Phi) is 5.84. The molecule has 8 nitrogen and oxygen atoms in total. The number of ether oxygens (including phenoxy) is 2. The fourth-order valence-electron chi connectivity index (χ4n) is 2.78. The van der Waals surface area contributed by atoms with Crippen molar-refractivity contribution in [3.63, 3.8) is 0 Å². The van der Waals surface area contributed by atoms with Crippen LogP contribution in [0.1, 0.15) is 20.8 Å². The lowest BCUT2D eigenvalue weighted by Gasteiger charge is -2.27. The summed E-state index contributed by atoms with van der Waals surface area (Å²) in [6, 6.07) is 0. The number of nitrogens with two attached hydrogens (primary N) is 1. The van der Waals surface area contributed by atoms with Crippen LogP contribution >= 0.6 is 0 Å². The second-order valence-corrected chi connectivity index (χ2v) is 5.72. The number of allylic oxidation sites excluding steroid dienone is 2. The number of hydrogen-bond acceptors (Lipinski definition) is 7. The van der Waals surface area contributed by atoms with Crippen LogP contribution in [0.4, 0.5) is 4.79 Å². The third-order valence-electron chi connectivity index (χ3n) is 4.14. The van der Waals surface area contributed by atoms with Gasteiger partial charge in [-0.25, -0.2) is 4.79 Å². The topological polar surface area (TPSA) is 102 Å². The van der Waals surface area contributed by atoms with Crippen LogP contribution in [0.5, 0.6) is 0 Å². The molecule has 2 heterocycles. The van der Waals surface area contributed by atoms with Gasteiger partial charge in [-0.1, -0.05) is 13.8 Å². The first-order valence-corrected chi connectivity index (χ1v) is 8.45. The van der Waals surface area contributed by atoms with E-state index in [4.69, 9.17) is 15.2 Å². The van der Waals surface area contributed by atoms with Crippen molar-refractivity contribution in [3.8, 4) is 0 Å². The molecule has 1 amide bonds. The number of amides is 1. The maximum Gasteiger partial charge on any atom is 0.404 e. The SMILES string of the molecule is CC.COC(COC(N)=O)C1=C(N2CC2)C(=O)C(C)=C(N2CC2)C1=O. The number of methoxy groups -OCH3 is 1. The zero-order valence-corrected chi connectivity index (χ0v) is 15.1. The molecule has 2 fully saturated rings. The van der Waals surface area contributed by atoms with Gasteiger partial charge in [-0.05, 0) is 6.92 Å². The molecule has 3 rings (SSSR count). The van der Waals surface area contributed by atoms with E-state index in [1.165, 1.54) is 7.11 Å². The highest BCUT2D eigenvalue weighted by Crippen LogP contribution is 2.35. The van der Waals surface area contributed by atoms with E-state index in [1.807, 2.05) is 23.6 Å². The minimum absolute atomic E-state index is 0.167. The van der Waals surface area contributed by atoms with E-state index in [9.17, 15) is 14.4 Å². The lowest BCUT2D eigenvalue weighted by Crippen LogP contribution is -2.37. The molecule has 138 valence electrons. The average Bonchev–Trinajstić information content (AvgIpc) is 3.47. The van der Waals surface area contributed by atoms with Crippen molar-refractivity contribution in [2.24, 2.45) is 5.73 Å². The van der Waals surface area contributed by atoms with E-state index in [0.29, 0.717) is 17.0 Å². The van der Waals surface area contributed by atoms with Crippen LogP contribution in [-0.2, 0) is 19.1 Å². The van der Waals surface area contributed by atoms with E-state index < -0.39 is 12.2 Å². The minimum Gasteiger partial charge on any atom is -0.447 e. The third-order valence-corrected chi connectivity index (χ3v) is 4.14. The summed E-state index contributed by atoms with van der Waals surface area (Å²) in [6.45, 7) is 8.43. The Balaban J connectivity index is 0.00000109. The van der Waals surface area contributed by atoms with Gasteiger partial charge in [-0.15, -0.1) is 0 Å². The summed E-state index contributed by atoms with van der Waals surface area (Å²) in [5.41, 5.74) is 6.49. The zero-order valence-electron chi connectivity index (χ0n) is 15.1. The van der Waals surface area contributed by atoms with Crippen LogP contribution in [0.15, 0.2) is 22.5 Å². The number of carbonyl (C=O) groups excluding carboxylic acids is 3. The van der Waals surface area contributed by atoms with Gasteiger partial charge in [0.25, 0.3) is 0 Å². The maximum absolute atomic E-state index is 13.0. The first-order chi connectivity index (χ1) is 12.0. The Morgan fingerprint density at radius 1 is 1.08 bits per heavy atom. The molecule has 1 aliphatic carbocycles. The predicted molar refractivity (Wildman–Crippen MR) is 90.6 cm³/mol. The molecule has 0 aromatic carbocycles. The van der Waals surface area contributed by atoms with Crippen molar-refractivity contribution in [1.29, 1.82) is 0 Å². The molecule has 0 radical (unpaired) electrons. The van der Waals surface area contributed by atoms with E-state index >= 15 is 0 Å². The van der Waals surface area contributed by atoms with Crippen LogP contribution in [-0.4, -0.2) is 73.5 Å². The fraction of sp³-hybridized carbons (Fsp3) is 0.588. The lowest BCUT2D eigenvalue weighted by molar-refractivity contribution is -0.119. The Morgan fingerprint density at radius 2 is 1.60 bits per heavy atom. The van der Waals surface area contributed by atoms with Gasteiger partial charge in [-0.2, -0.15) is 0 Å². The molecule has 2 aliphatic heterocycles. The van der Waals surface area contributed by atoms with Crippen molar-refractivity contribution < 1.29 is 23.9 Å². The lowest BCUT2D eigenvalue weighted by atomic mass is 9.88. The van der Waals surface area contributed by atoms with Gasteiger partial charge in [0.15, 0.2) is 0 Å². The number of Topliss-reactive ketones (excluding diaryl/α,β-unsaturated/α-hetero) is 2. The molecular weight excluding hydrogens is 326 g/mol. The quantitative estimate of drug-likeness (QED) is 0.547. The molecule has 3 aliphatic rings. The van der Waals surface area contributed by atoms with E-state index in [0.717, 1.165) is 26.2 Å². The zero-order chi connectivity index (χ0) is 18.7. The summed E-state index contributed by atoms with van der Waals surface area (Å²) in [5, 5.41) is 0. The molecular formula is C17H25N3O5. The normalized spacial score (nSPS) is 20.3. The molecule has 2 N–H and O–H groups in total. The van der Waals surface area contributed by atoms with Crippen LogP contribution < -0.4 is 5.73 Å². The highest BCUT2D eigenvalue weighted by Gasteiger charge is 2.44. The summed E-state index contributed by atoms with van der Waals surface area (Å²) in [7, 11) is 1.40. The largest absolute Gasteiger partial charge is 0.447 e. The smallest absolute Gasteiger partial charge is 0.404 e. The molecule has 0 bridgehead atoms. The van der Waals surface area contributed by atoms with E-state index in [2.05, 4.69) is 0 Å². The van der Waals surface area contributed by atoms with E-state index in [1.54, 1.807) is 6.92 Å². The summed E-state index contributed by atoms with van der Waals surface area (Å²) >= 11 is 0.